The average Bonchev–Trinajstić information content (AvgIpc) is 2.33. The predicted molar refractivity (Wildman–Crippen MR) is 71.0 cm³/mol. The summed E-state index contributed by atoms with van der Waals surface area (Å²) in [5, 5.41) is 11.7. The Balaban J connectivity index is 1.69. The highest BCUT2D eigenvalue weighted by Crippen LogP contribution is 2.19. The van der Waals surface area contributed by atoms with Crippen molar-refractivity contribution in [3.63, 3.8) is 0 Å². The third kappa shape index (κ3) is 3.83. The highest BCUT2D eigenvalue weighted by atomic mass is 16.4. The lowest BCUT2D eigenvalue weighted by Crippen LogP contribution is -2.58. The number of likely N-dealkylation sites (N-methyl/N-ethyl adjacent to an activating group) is 1. The van der Waals surface area contributed by atoms with Crippen molar-refractivity contribution in [3.05, 3.63) is 0 Å². The molecule has 0 saturated carbocycles. The summed E-state index contributed by atoms with van der Waals surface area (Å²) in [7, 11) is 0. The molecule has 0 aromatic rings. The summed E-state index contributed by atoms with van der Waals surface area (Å²) < 4.78 is 0. The van der Waals surface area contributed by atoms with E-state index in [1.807, 2.05) is 0 Å². The summed E-state index contributed by atoms with van der Waals surface area (Å²) in [5.74, 6) is -0.655. The van der Waals surface area contributed by atoms with Gasteiger partial charge in [-0.2, -0.15) is 0 Å². The number of likely N-dealkylation sites (tertiary alicyclic amines) is 2. The van der Waals surface area contributed by atoms with Gasteiger partial charge in [-0.3, -0.25) is 4.79 Å². The van der Waals surface area contributed by atoms with Gasteiger partial charge in [0.1, 0.15) is 0 Å². The summed E-state index contributed by atoms with van der Waals surface area (Å²) in [6.45, 7) is 6.35. The lowest BCUT2D eigenvalue weighted by Gasteiger charge is -2.40. The quantitative estimate of drug-likeness (QED) is 0.783. The molecule has 1 atom stereocenters. The number of carboxylic acids is 1. The summed E-state index contributed by atoms with van der Waals surface area (Å²) >= 11 is 0. The van der Waals surface area contributed by atoms with Crippen LogP contribution in [0.5, 0.6) is 0 Å². The Morgan fingerprint density at radius 2 is 2.05 bits per heavy atom. The molecule has 6 heteroatoms. The fourth-order valence-electron chi connectivity index (χ4n) is 2.84. The van der Waals surface area contributed by atoms with E-state index in [4.69, 9.17) is 5.11 Å². The van der Waals surface area contributed by atoms with Crippen molar-refractivity contribution in [1.82, 2.24) is 15.1 Å². The topological polar surface area (TPSA) is 72.9 Å². The van der Waals surface area contributed by atoms with Crippen LogP contribution in [0.4, 0.5) is 4.79 Å². The van der Waals surface area contributed by atoms with E-state index in [2.05, 4.69) is 17.1 Å². The lowest BCUT2D eigenvalue weighted by molar-refractivity contribution is -0.139. The van der Waals surface area contributed by atoms with Gasteiger partial charge in [-0.05, 0) is 25.9 Å². The van der Waals surface area contributed by atoms with Crippen LogP contribution in [0.3, 0.4) is 0 Å². The van der Waals surface area contributed by atoms with Crippen LogP contribution in [0.1, 0.15) is 26.2 Å². The Bertz CT molecular complexity index is 342. The van der Waals surface area contributed by atoms with E-state index in [0.29, 0.717) is 13.1 Å². The van der Waals surface area contributed by atoms with Crippen LogP contribution in [0, 0.1) is 5.92 Å². The number of carboxylic acid groups (broad SMARTS) is 1. The molecule has 2 heterocycles. The molecule has 0 bridgehead atoms. The molecule has 2 N–H and O–H groups in total. The molecule has 2 aliphatic heterocycles. The first-order chi connectivity index (χ1) is 9.08. The highest BCUT2D eigenvalue weighted by Gasteiger charge is 2.33. The van der Waals surface area contributed by atoms with Crippen LogP contribution in [0.2, 0.25) is 0 Å². The summed E-state index contributed by atoms with van der Waals surface area (Å²) in [4.78, 5) is 26.6. The lowest BCUT2D eigenvalue weighted by atomic mass is 9.97. The van der Waals surface area contributed by atoms with Crippen LogP contribution < -0.4 is 5.32 Å². The second kappa shape index (κ2) is 6.23. The molecule has 108 valence electrons. The largest absolute Gasteiger partial charge is 0.481 e. The number of carbonyl (C=O) groups excluding carboxylic acids is 1. The van der Waals surface area contributed by atoms with E-state index < -0.39 is 5.97 Å². The predicted octanol–water partition coefficient (Wildman–Crippen LogP) is 0.587. The molecule has 2 amide bonds. The molecule has 1 unspecified atom stereocenters. The number of amides is 2. The molecule has 0 aliphatic carbocycles. The molecule has 2 aliphatic rings. The number of piperidine rings is 1. The van der Waals surface area contributed by atoms with Crippen molar-refractivity contribution < 1.29 is 14.7 Å². The minimum Gasteiger partial charge on any atom is -0.481 e. The molecule has 6 nitrogen and oxygen atoms in total. The van der Waals surface area contributed by atoms with Crippen LogP contribution >= 0.6 is 0 Å². The number of nitrogens with one attached hydrogen (secondary N) is 1. The number of carbonyl (C=O) groups is 2. The van der Waals surface area contributed by atoms with Gasteiger partial charge >= 0.3 is 12.0 Å². The van der Waals surface area contributed by atoms with Gasteiger partial charge in [-0.15, -0.1) is 0 Å². The standard InChI is InChI=1S/C13H23N3O3/c1-2-15-5-3-4-11(9-15)14-13(19)16-7-10(8-16)6-12(17)18/h10-11H,2-9H2,1H3,(H,14,19)(H,17,18). The molecule has 0 spiro atoms. The normalized spacial score (nSPS) is 24.9. The zero-order valence-electron chi connectivity index (χ0n) is 11.5. The minimum atomic E-state index is -0.782. The van der Waals surface area contributed by atoms with Crippen LogP contribution in [0.15, 0.2) is 0 Å². The second-order valence-electron chi connectivity index (χ2n) is 5.55. The van der Waals surface area contributed by atoms with Crippen molar-refractivity contribution in [3.8, 4) is 0 Å². The van der Waals surface area contributed by atoms with Crippen molar-refractivity contribution in [2.24, 2.45) is 5.92 Å². The fourth-order valence-corrected chi connectivity index (χ4v) is 2.84. The van der Waals surface area contributed by atoms with Gasteiger partial charge in [-0.25, -0.2) is 4.79 Å². The van der Waals surface area contributed by atoms with Gasteiger partial charge in [0.15, 0.2) is 0 Å². The van der Waals surface area contributed by atoms with Gasteiger partial charge in [0, 0.05) is 31.6 Å². The molecule has 0 aromatic carbocycles. The number of aliphatic carboxylic acids is 1. The van der Waals surface area contributed by atoms with E-state index in [-0.39, 0.29) is 24.4 Å². The first-order valence-electron chi connectivity index (χ1n) is 7.08. The molecule has 2 rings (SSSR count). The number of rotatable bonds is 4. The third-order valence-electron chi connectivity index (χ3n) is 3.99. The van der Waals surface area contributed by atoms with Crippen molar-refractivity contribution in [1.29, 1.82) is 0 Å². The van der Waals surface area contributed by atoms with E-state index >= 15 is 0 Å². The Morgan fingerprint density at radius 1 is 1.32 bits per heavy atom. The number of hydrogen-bond acceptors (Lipinski definition) is 3. The first kappa shape index (κ1) is 14.1. The van der Waals surface area contributed by atoms with Crippen LogP contribution in [-0.4, -0.2) is 65.7 Å². The van der Waals surface area contributed by atoms with E-state index in [0.717, 1.165) is 32.5 Å². The maximum Gasteiger partial charge on any atom is 0.317 e. The summed E-state index contributed by atoms with van der Waals surface area (Å²) in [5.41, 5.74) is 0. The number of urea groups is 1. The molecular formula is C13H23N3O3. The van der Waals surface area contributed by atoms with Gasteiger partial charge in [0.25, 0.3) is 0 Å². The van der Waals surface area contributed by atoms with Crippen molar-refractivity contribution in [2.75, 3.05) is 32.7 Å². The highest BCUT2D eigenvalue weighted by molar-refractivity contribution is 5.76. The van der Waals surface area contributed by atoms with E-state index in [1.165, 1.54) is 0 Å². The molecule has 0 aromatic heterocycles. The fraction of sp³-hybridized carbons (Fsp3) is 0.846. The second-order valence-corrected chi connectivity index (χ2v) is 5.55. The average molecular weight is 269 g/mol. The Labute approximate surface area is 113 Å². The molecule has 19 heavy (non-hydrogen) atoms. The maximum atomic E-state index is 12.0. The first-order valence-corrected chi connectivity index (χ1v) is 7.08. The monoisotopic (exact) mass is 269 g/mol. The van der Waals surface area contributed by atoms with E-state index in [9.17, 15) is 9.59 Å². The van der Waals surface area contributed by atoms with E-state index in [1.54, 1.807) is 4.90 Å². The van der Waals surface area contributed by atoms with Crippen LogP contribution in [-0.2, 0) is 4.79 Å². The van der Waals surface area contributed by atoms with Gasteiger partial charge < -0.3 is 20.2 Å². The van der Waals surface area contributed by atoms with Crippen molar-refractivity contribution in [2.45, 2.75) is 32.2 Å². The summed E-state index contributed by atoms with van der Waals surface area (Å²) in [6, 6.07) is 0.198. The zero-order valence-corrected chi connectivity index (χ0v) is 11.5. The number of hydrogen-bond donors (Lipinski definition) is 2. The maximum absolute atomic E-state index is 12.0. The molecule has 0 radical (unpaired) electrons. The van der Waals surface area contributed by atoms with Gasteiger partial charge in [0.05, 0.1) is 6.42 Å². The third-order valence-corrected chi connectivity index (χ3v) is 3.99. The minimum absolute atomic E-state index is 0.0374. The van der Waals surface area contributed by atoms with Crippen molar-refractivity contribution >= 4 is 12.0 Å². The SMILES string of the molecule is CCN1CCCC(NC(=O)N2CC(CC(=O)O)C2)C1. The number of nitrogens with zero attached hydrogens (tertiary/aromatic N) is 2. The Hall–Kier alpha value is -1.30. The Kier molecular flexibility index (Phi) is 4.63. The smallest absolute Gasteiger partial charge is 0.317 e. The Morgan fingerprint density at radius 3 is 2.68 bits per heavy atom. The molecule has 2 fully saturated rings. The summed E-state index contributed by atoms with van der Waals surface area (Å²) in [6.07, 6.45) is 2.33. The van der Waals surface area contributed by atoms with Crippen LogP contribution in [0.25, 0.3) is 0 Å². The molecular weight excluding hydrogens is 246 g/mol. The molecule has 2 saturated heterocycles. The van der Waals surface area contributed by atoms with Gasteiger partial charge in [0.2, 0.25) is 0 Å². The zero-order chi connectivity index (χ0) is 13.8. The van der Waals surface area contributed by atoms with Gasteiger partial charge in [-0.1, -0.05) is 6.92 Å².